The molecule has 25 heavy (non-hydrogen) atoms. The molecule has 0 fully saturated rings. The molecule has 0 N–H and O–H groups in total. The molecule has 1 amide bonds. The van der Waals surface area contributed by atoms with Crippen LogP contribution in [0.4, 0.5) is 5.69 Å². The van der Waals surface area contributed by atoms with Crippen molar-refractivity contribution in [3.05, 3.63) is 46.2 Å². The van der Waals surface area contributed by atoms with Crippen LogP contribution in [0.25, 0.3) is 0 Å². The van der Waals surface area contributed by atoms with E-state index in [9.17, 15) is 9.59 Å². The summed E-state index contributed by atoms with van der Waals surface area (Å²) in [4.78, 5) is 26.7. The van der Waals surface area contributed by atoms with Gasteiger partial charge in [0.2, 0.25) is 0 Å². The number of fused-ring (bicyclic) bond motifs is 1. The molecule has 2 aromatic rings. The predicted octanol–water partition coefficient (Wildman–Crippen LogP) is 3.36. The quantitative estimate of drug-likeness (QED) is 0.765. The van der Waals surface area contributed by atoms with Crippen molar-refractivity contribution in [2.24, 2.45) is 0 Å². The number of nitrogens with zero attached hydrogens (tertiary/aromatic N) is 3. The van der Waals surface area contributed by atoms with E-state index in [0.29, 0.717) is 11.6 Å². The fourth-order valence-electron chi connectivity index (χ4n) is 2.84. The fraction of sp³-hybridized carbons (Fsp3) is 0.353. The molecule has 6 nitrogen and oxygen atoms in total. The summed E-state index contributed by atoms with van der Waals surface area (Å²) in [6, 6.07) is 5.37. The van der Waals surface area contributed by atoms with Gasteiger partial charge in [-0.25, -0.2) is 4.79 Å². The Kier molecular flexibility index (Phi) is 5.80. The van der Waals surface area contributed by atoms with E-state index in [1.165, 1.54) is 6.20 Å². The van der Waals surface area contributed by atoms with Crippen LogP contribution in [0.15, 0.2) is 24.4 Å². The van der Waals surface area contributed by atoms with Gasteiger partial charge in [0.05, 0.1) is 18.8 Å². The standard InChI is InChI=1S/C17H18ClN3O3.H2S/c1-4-24-17(23)13-8-19-21-11(3)9-20(16(22)15(13)21)12-5-6-14(18)10(2)7-12;/h5-8,11H,4,9H2,1-3H3;1H2/t11-;/m0./s1. The molecule has 2 heterocycles. The Morgan fingerprint density at radius 2 is 2.16 bits per heavy atom. The van der Waals surface area contributed by atoms with Crippen molar-refractivity contribution >= 4 is 42.7 Å². The third kappa shape index (κ3) is 3.39. The largest absolute Gasteiger partial charge is 0.462 e. The molecule has 3 rings (SSSR count). The van der Waals surface area contributed by atoms with E-state index in [1.807, 2.05) is 19.9 Å². The monoisotopic (exact) mass is 381 g/mol. The molecule has 8 heteroatoms. The number of ether oxygens (including phenoxy) is 1. The molecule has 1 aliphatic rings. The molecule has 1 aromatic heterocycles. The lowest BCUT2D eigenvalue weighted by Crippen LogP contribution is -2.43. The molecular weight excluding hydrogens is 362 g/mol. The van der Waals surface area contributed by atoms with Gasteiger partial charge in [-0.15, -0.1) is 0 Å². The highest BCUT2D eigenvalue weighted by molar-refractivity contribution is 7.59. The number of hydrogen-bond acceptors (Lipinski definition) is 4. The molecule has 0 unspecified atom stereocenters. The van der Waals surface area contributed by atoms with Gasteiger partial charge in [0.1, 0.15) is 11.3 Å². The second-order valence-electron chi connectivity index (χ2n) is 5.77. The van der Waals surface area contributed by atoms with Crippen molar-refractivity contribution in [3.63, 3.8) is 0 Å². The normalized spacial score (nSPS) is 16.2. The first-order chi connectivity index (χ1) is 11.4. The first-order valence-corrected chi connectivity index (χ1v) is 8.14. The third-order valence-electron chi connectivity index (χ3n) is 4.06. The Balaban J connectivity index is 0.00000225. The molecule has 0 spiro atoms. The van der Waals surface area contributed by atoms with Crippen LogP contribution in [0.3, 0.4) is 0 Å². The summed E-state index contributed by atoms with van der Waals surface area (Å²) in [6.07, 6.45) is 1.40. The Morgan fingerprint density at radius 3 is 2.80 bits per heavy atom. The van der Waals surface area contributed by atoms with Crippen molar-refractivity contribution in [1.29, 1.82) is 0 Å². The molecule has 1 aliphatic heterocycles. The minimum absolute atomic E-state index is 0. The van der Waals surface area contributed by atoms with Gasteiger partial charge in [0.25, 0.3) is 5.91 Å². The minimum Gasteiger partial charge on any atom is -0.462 e. The molecule has 0 aliphatic carbocycles. The average molecular weight is 382 g/mol. The maximum Gasteiger partial charge on any atom is 0.342 e. The van der Waals surface area contributed by atoms with Crippen LogP contribution < -0.4 is 4.90 Å². The highest BCUT2D eigenvalue weighted by Gasteiger charge is 2.35. The lowest BCUT2D eigenvalue weighted by molar-refractivity contribution is 0.0522. The lowest BCUT2D eigenvalue weighted by atomic mass is 10.1. The van der Waals surface area contributed by atoms with Gasteiger partial charge in [-0.2, -0.15) is 18.6 Å². The molecule has 0 saturated heterocycles. The Morgan fingerprint density at radius 1 is 1.44 bits per heavy atom. The first kappa shape index (κ1) is 19.3. The van der Waals surface area contributed by atoms with Gasteiger partial charge in [0, 0.05) is 17.3 Å². The Labute approximate surface area is 158 Å². The second-order valence-corrected chi connectivity index (χ2v) is 6.18. The van der Waals surface area contributed by atoms with Crippen molar-refractivity contribution < 1.29 is 14.3 Å². The number of aromatic nitrogens is 2. The summed E-state index contributed by atoms with van der Waals surface area (Å²) < 4.78 is 6.62. The molecule has 134 valence electrons. The van der Waals surface area contributed by atoms with Crippen LogP contribution in [0.2, 0.25) is 5.02 Å². The zero-order chi connectivity index (χ0) is 17.4. The minimum atomic E-state index is -0.534. The number of hydrogen-bond donors (Lipinski definition) is 0. The van der Waals surface area contributed by atoms with Gasteiger partial charge in [-0.1, -0.05) is 11.6 Å². The molecular formula is C17H20ClN3O3S. The summed E-state index contributed by atoms with van der Waals surface area (Å²) >= 11 is 6.07. The lowest BCUT2D eigenvalue weighted by Gasteiger charge is -2.32. The number of rotatable bonds is 3. The topological polar surface area (TPSA) is 64.4 Å². The predicted molar refractivity (Wildman–Crippen MR) is 101 cm³/mol. The highest BCUT2D eigenvalue weighted by Crippen LogP contribution is 2.30. The second kappa shape index (κ2) is 7.49. The number of carbonyl (C=O) groups is 2. The summed E-state index contributed by atoms with van der Waals surface area (Å²) in [5, 5.41) is 4.85. The molecule has 1 atom stereocenters. The number of benzene rings is 1. The van der Waals surface area contributed by atoms with E-state index >= 15 is 0 Å². The van der Waals surface area contributed by atoms with Gasteiger partial charge in [-0.05, 0) is 44.5 Å². The maximum atomic E-state index is 13.0. The number of carbonyl (C=O) groups excluding carboxylic acids is 2. The number of aryl methyl sites for hydroxylation is 1. The van der Waals surface area contributed by atoms with Crippen molar-refractivity contribution in [2.75, 3.05) is 18.1 Å². The molecule has 0 bridgehead atoms. The van der Waals surface area contributed by atoms with E-state index < -0.39 is 5.97 Å². The van der Waals surface area contributed by atoms with Crippen LogP contribution in [0.1, 0.15) is 46.3 Å². The zero-order valence-electron chi connectivity index (χ0n) is 14.2. The van der Waals surface area contributed by atoms with Crippen LogP contribution >= 0.6 is 25.1 Å². The molecule has 1 aromatic carbocycles. The van der Waals surface area contributed by atoms with E-state index in [-0.39, 0.29) is 43.3 Å². The van der Waals surface area contributed by atoms with E-state index in [0.717, 1.165) is 11.3 Å². The summed E-state index contributed by atoms with van der Waals surface area (Å²) in [6.45, 7) is 6.27. The number of esters is 1. The van der Waals surface area contributed by atoms with E-state index in [2.05, 4.69) is 5.10 Å². The first-order valence-electron chi connectivity index (χ1n) is 7.76. The number of halogens is 1. The molecule has 0 saturated carbocycles. The van der Waals surface area contributed by atoms with E-state index in [1.54, 1.807) is 28.6 Å². The zero-order valence-corrected chi connectivity index (χ0v) is 16.0. The summed E-state index contributed by atoms with van der Waals surface area (Å²) in [5.41, 5.74) is 2.10. The fourth-order valence-corrected chi connectivity index (χ4v) is 2.96. The van der Waals surface area contributed by atoms with Crippen molar-refractivity contribution in [3.8, 4) is 0 Å². The van der Waals surface area contributed by atoms with Gasteiger partial charge in [0.15, 0.2) is 0 Å². The van der Waals surface area contributed by atoms with Crippen molar-refractivity contribution in [2.45, 2.75) is 26.8 Å². The van der Waals surface area contributed by atoms with Gasteiger partial charge < -0.3 is 9.64 Å². The molecule has 0 radical (unpaired) electrons. The SMILES string of the molecule is CCOC(=O)c1cnn2c1C(=O)N(c1ccc(Cl)c(C)c1)C[C@@H]2C.S. The van der Waals surface area contributed by atoms with Crippen molar-refractivity contribution in [1.82, 2.24) is 9.78 Å². The van der Waals surface area contributed by atoms with Gasteiger partial charge >= 0.3 is 5.97 Å². The van der Waals surface area contributed by atoms with Crippen LogP contribution in [0.5, 0.6) is 0 Å². The number of anilines is 1. The van der Waals surface area contributed by atoms with Crippen LogP contribution in [-0.2, 0) is 4.74 Å². The van der Waals surface area contributed by atoms with E-state index in [4.69, 9.17) is 16.3 Å². The Bertz CT molecular complexity index is 821. The summed E-state index contributed by atoms with van der Waals surface area (Å²) in [5.74, 6) is -0.802. The van der Waals surface area contributed by atoms with Gasteiger partial charge in [-0.3, -0.25) is 9.48 Å². The highest BCUT2D eigenvalue weighted by atomic mass is 35.5. The average Bonchev–Trinajstić information content (AvgIpc) is 3.00. The smallest absolute Gasteiger partial charge is 0.342 e. The maximum absolute atomic E-state index is 13.0. The number of amides is 1. The van der Waals surface area contributed by atoms with Crippen LogP contribution in [-0.4, -0.2) is 34.8 Å². The third-order valence-corrected chi connectivity index (χ3v) is 4.48. The van der Waals surface area contributed by atoms with Crippen LogP contribution in [0, 0.1) is 6.92 Å². The summed E-state index contributed by atoms with van der Waals surface area (Å²) in [7, 11) is 0. The Hall–Kier alpha value is -1.99.